The van der Waals surface area contributed by atoms with E-state index in [1.54, 1.807) is 24.3 Å². The fraction of sp³-hybridized carbons (Fsp3) is 0.261. The normalized spacial score (nSPS) is 10.8. The molecule has 0 amide bonds. The molecule has 0 spiro atoms. The van der Waals surface area contributed by atoms with Gasteiger partial charge in [0.05, 0.1) is 11.1 Å². The summed E-state index contributed by atoms with van der Waals surface area (Å²) in [6.07, 6.45) is 4.81. The number of hydrogen-bond acceptors (Lipinski definition) is 4. The number of hydrogen-bond donors (Lipinski definition) is 2. The summed E-state index contributed by atoms with van der Waals surface area (Å²) < 4.78 is 2.15. The van der Waals surface area contributed by atoms with Crippen molar-refractivity contribution in [1.29, 1.82) is 0 Å². The molecule has 0 bridgehead atoms. The van der Waals surface area contributed by atoms with Crippen LogP contribution in [0.5, 0.6) is 0 Å². The van der Waals surface area contributed by atoms with Gasteiger partial charge in [0.25, 0.3) is 0 Å². The summed E-state index contributed by atoms with van der Waals surface area (Å²) in [4.78, 5) is 27.9. The summed E-state index contributed by atoms with van der Waals surface area (Å²) in [5, 5.41) is 18.5. The van der Waals surface area contributed by atoms with Crippen molar-refractivity contribution >= 4 is 23.7 Å². The molecule has 0 aliphatic carbocycles. The lowest BCUT2D eigenvalue weighted by Gasteiger charge is -2.13. The highest BCUT2D eigenvalue weighted by Gasteiger charge is 2.14. The summed E-state index contributed by atoms with van der Waals surface area (Å²) in [5.74, 6) is -0.298. The third kappa shape index (κ3) is 5.30. The zero-order valence-electron chi connectivity index (χ0n) is 16.7. The number of carboxylic acid groups (broad SMARTS) is 2. The fourth-order valence-electron chi connectivity index (χ4n) is 3.15. The first kappa shape index (κ1) is 21.6. The highest BCUT2D eigenvalue weighted by Crippen LogP contribution is 2.27. The number of imidazole rings is 1. The number of nitrogens with zero attached hydrogens (tertiary/aromatic N) is 2. The molecule has 6 nitrogen and oxygen atoms in total. The lowest BCUT2D eigenvalue weighted by atomic mass is 10.1. The number of benzene rings is 2. The van der Waals surface area contributed by atoms with Crippen molar-refractivity contribution < 1.29 is 19.8 Å². The van der Waals surface area contributed by atoms with Crippen LogP contribution in [0.15, 0.2) is 59.6 Å². The molecule has 156 valence electrons. The average molecular weight is 425 g/mol. The minimum absolute atomic E-state index is 0.261. The third-order valence-electron chi connectivity index (χ3n) is 4.81. The van der Waals surface area contributed by atoms with Crippen molar-refractivity contribution in [3.63, 3.8) is 0 Å². The van der Waals surface area contributed by atoms with Gasteiger partial charge in [0.15, 0.2) is 0 Å². The van der Waals surface area contributed by atoms with E-state index in [4.69, 9.17) is 5.11 Å². The Morgan fingerprint density at radius 3 is 2.43 bits per heavy atom. The van der Waals surface area contributed by atoms with Crippen molar-refractivity contribution in [2.24, 2.45) is 0 Å². The quantitative estimate of drug-likeness (QED) is 0.447. The van der Waals surface area contributed by atoms with Gasteiger partial charge in [-0.15, -0.1) is 11.8 Å². The second-order valence-electron chi connectivity index (χ2n) is 6.95. The van der Waals surface area contributed by atoms with Crippen LogP contribution in [0.4, 0.5) is 0 Å². The van der Waals surface area contributed by atoms with Gasteiger partial charge in [-0.25, -0.2) is 14.6 Å². The van der Waals surface area contributed by atoms with Crippen LogP contribution >= 0.6 is 11.8 Å². The SMILES string of the molecule is CCCCc1ncc(CSc2ccccc2C(=O)O)n1Cc1ccc(C(=O)O)cc1. The highest BCUT2D eigenvalue weighted by atomic mass is 32.2. The molecule has 0 aliphatic rings. The van der Waals surface area contributed by atoms with Crippen molar-refractivity contribution in [3.05, 3.63) is 82.9 Å². The van der Waals surface area contributed by atoms with E-state index in [1.807, 2.05) is 30.5 Å². The number of aryl methyl sites for hydroxylation is 1. The molecule has 0 saturated heterocycles. The Balaban J connectivity index is 1.83. The Hall–Kier alpha value is -3.06. The van der Waals surface area contributed by atoms with Crippen LogP contribution in [0, 0.1) is 0 Å². The second kappa shape index (κ2) is 10.1. The van der Waals surface area contributed by atoms with Gasteiger partial charge in [-0.05, 0) is 36.2 Å². The number of carbonyl (C=O) groups is 2. The smallest absolute Gasteiger partial charge is 0.336 e. The van der Waals surface area contributed by atoms with Crippen molar-refractivity contribution in [2.75, 3.05) is 0 Å². The number of rotatable bonds is 10. The molecule has 0 saturated carbocycles. The molecular weight excluding hydrogens is 400 g/mol. The van der Waals surface area contributed by atoms with E-state index in [9.17, 15) is 14.7 Å². The minimum Gasteiger partial charge on any atom is -0.478 e. The van der Waals surface area contributed by atoms with Gasteiger partial charge in [-0.1, -0.05) is 37.6 Å². The van der Waals surface area contributed by atoms with Crippen LogP contribution < -0.4 is 0 Å². The van der Waals surface area contributed by atoms with Gasteiger partial charge in [0, 0.05) is 35.5 Å². The fourth-order valence-corrected chi connectivity index (χ4v) is 4.17. The molecule has 0 unspecified atom stereocenters. The number of carboxylic acids is 2. The molecule has 0 aliphatic heterocycles. The summed E-state index contributed by atoms with van der Waals surface area (Å²) in [6, 6.07) is 13.9. The summed E-state index contributed by atoms with van der Waals surface area (Å²) in [7, 11) is 0. The first-order valence-electron chi connectivity index (χ1n) is 9.80. The zero-order chi connectivity index (χ0) is 21.5. The number of unbranched alkanes of at least 4 members (excludes halogenated alkanes) is 1. The number of aromatic carboxylic acids is 2. The molecule has 0 radical (unpaired) electrons. The van der Waals surface area contributed by atoms with E-state index >= 15 is 0 Å². The monoisotopic (exact) mass is 424 g/mol. The molecule has 7 heteroatoms. The molecule has 30 heavy (non-hydrogen) atoms. The van der Waals surface area contributed by atoms with E-state index in [1.165, 1.54) is 11.8 Å². The number of aromatic nitrogens is 2. The standard InChI is InChI=1S/C23H24N2O4S/c1-2-3-8-21-24-13-18(15-30-20-7-5-4-6-19(20)23(28)29)25(21)14-16-9-11-17(12-10-16)22(26)27/h4-7,9-13H,2-3,8,14-15H2,1H3,(H,26,27)(H,28,29). The third-order valence-corrected chi connectivity index (χ3v) is 5.92. The number of thioether (sulfide) groups is 1. The van der Waals surface area contributed by atoms with E-state index in [0.29, 0.717) is 17.9 Å². The molecule has 3 aromatic rings. The van der Waals surface area contributed by atoms with Crippen LogP contribution in [0.25, 0.3) is 0 Å². The van der Waals surface area contributed by atoms with Crippen LogP contribution in [-0.2, 0) is 18.7 Å². The predicted molar refractivity (Wildman–Crippen MR) is 116 cm³/mol. The lowest BCUT2D eigenvalue weighted by molar-refractivity contribution is 0.0684. The first-order valence-corrected chi connectivity index (χ1v) is 10.8. The molecular formula is C23H24N2O4S. The maximum absolute atomic E-state index is 11.5. The van der Waals surface area contributed by atoms with Crippen molar-refractivity contribution in [1.82, 2.24) is 9.55 Å². The second-order valence-corrected chi connectivity index (χ2v) is 7.96. The van der Waals surface area contributed by atoms with Crippen LogP contribution in [0.1, 0.15) is 57.6 Å². The Morgan fingerprint density at radius 2 is 1.77 bits per heavy atom. The van der Waals surface area contributed by atoms with Gasteiger partial charge in [0.2, 0.25) is 0 Å². The predicted octanol–water partition coefficient (Wildman–Crippen LogP) is 4.96. The maximum Gasteiger partial charge on any atom is 0.336 e. The van der Waals surface area contributed by atoms with Crippen LogP contribution in [0.3, 0.4) is 0 Å². The molecule has 0 atom stereocenters. The van der Waals surface area contributed by atoms with E-state index in [2.05, 4.69) is 16.5 Å². The molecule has 2 N–H and O–H groups in total. The Bertz CT molecular complexity index is 1030. The van der Waals surface area contributed by atoms with Crippen LogP contribution in [-0.4, -0.2) is 31.7 Å². The largest absolute Gasteiger partial charge is 0.478 e. The summed E-state index contributed by atoms with van der Waals surface area (Å²) in [5.41, 5.74) is 2.56. The van der Waals surface area contributed by atoms with Gasteiger partial charge in [-0.2, -0.15) is 0 Å². The average Bonchev–Trinajstić information content (AvgIpc) is 3.12. The summed E-state index contributed by atoms with van der Waals surface area (Å²) >= 11 is 1.48. The van der Waals surface area contributed by atoms with Gasteiger partial charge in [-0.3, -0.25) is 0 Å². The van der Waals surface area contributed by atoms with Crippen molar-refractivity contribution in [3.8, 4) is 0 Å². The maximum atomic E-state index is 11.5. The molecule has 1 heterocycles. The molecule has 3 rings (SSSR count). The highest BCUT2D eigenvalue weighted by molar-refractivity contribution is 7.98. The lowest BCUT2D eigenvalue weighted by Crippen LogP contribution is -2.09. The molecule has 1 aromatic heterocycles. The van der Waals surface area contributed by atoms with E-state index in [0.717, 1.165) is 41.2 Å². The van der Waals surface area contributed by atoms with Gasteiger partial charge < -0.3 is 14.8 Å². The van der Waals surface area contributed by atoms with Crippen molar-refractivity contribution in [2.45, 2.75) is 43.4 Å². The van der Waals surface area contributed by atoms with Crippen LogP contribution in [0.2, 0.25) is 0 Å². The Kier molecular flexibility index (Phi) is 7.30. The zero-order valence-corrected chi connectivity index (χ0v) is 17.6. The first-order chi connectivity index (χ1) is 14.5. The van der Waals surface area contributed by atoms with E-state index in [-0.39, 0.29) is 5.56 Å². The topological polar surface area (TPSA) is 92.4 Å². The molecule has 0 fully saturated rings. The van der Waals surface area contributed by atoms with Gasteiger partial charge in [0.1, 0.15) is 5.82 Å². The summed E-state index contributed by atoms with van der Waals surface area (Å²) in [6.45, 7) is 2.73. The van der Waals surface area contributed by atoms with E-state index < -0.39 is 11.9 Å². The Morgan fingerprint density at radius 1 is 1.03 bits per heavy atom. The molecule has 2 aromatic carbocycles. The van der Waals surface area contributed by atoms with Gasteiger partial charge >= 0.3 is 11.9 Å². The minimum atomic E-state index is -0.943. The Labute approximate surface area is 179 Å².